The SMILES string of the molecule is CCOC(=O)CS(=O)(=O)C(F)(F)C(F)(F)C(F)(F)C(F)(F)F. The maximum atomic E-state index is 13.1. The molecule has 132 valence electrons. The molecular weight excluding hydrogens is 363 g/mol. The number of hydrogen-bond donors (Lipinski definition) is 0. The molecule has 0 amide bonds. The molecular formula is C8H7F9O4S. The van der Waals surface area contributed by atoms with E-state index in [1.165, 1.54) is 0 Å². The zero-order chi connectivity index (χ0) is 18.2. The largest absolute Gasteiger partial charge is 0.465 e. The number of carbonyl (C=O) groups is 1. The van der Waals surface area contributed by atoms with E-state index in [1.807, 2.05) is 0 Å². The van der Waals surface area contributed by atoms with Crippen LogP contribution >= 0.6 is 0 Å². The second-order valence-electron chi connectivity index (χ2n) is 3.73. The van der Waals surface area contributed by atoms with Crippen LogP contribution in [0.2, 0.25) is 0 Å². The molecule has 0 aromatic carbocycles. The maximum absolute atomic E-state index is 13.1. The first-order chi connectivity index (χ1) is 9.45. The van der Waals surface area contributed by atoms with E-state index in [-0.39, 0.29) is 0 Å². The Hall–Kier alpha value is -1.21. The molecule has 0 aromatic rings. The molecule has 0 unspecified atom stereocenters. The van der Waals surface area contributed by atoms with E-state index >= 15 is 0 Å². The predicted octanol–water partition coefficient (Wildman–Crippen LogP) is 2.39. The molecule has 0 aliphatic heterocycles. The second-order valence-corrected chi connectivity index (χ2v) is 5.76. The number of sulfone groups is 1. The molecule has 0 N–H and O–H groups in total. The van der Waals surface area contributed by atoms with E-state index in [4.69, 9.17) is 0 Å². The van der Waals surface area contributed by atoms with Crippen molar-refractivity contribution in [3.05, 3.63) is 0 Å². The van der Waals surface area contributed by atoms with Crippen LogP contribution in [0.1, 0.15) is 6.92 Å². The first-order valence-electron chi connectivity index (χ1n) is 5.03. The summed E-state index contributed by atoms with van der Waals surface area (Å²) >= 11 is 0. The number of halogens is 9. The van der Waals surface area contributed by atoms with Crippen molar-refractivity contribution in [3.63, 3.8) is 0 Å². The van der Waals surface area contributed by atoms with E-state index in [0.717, 1.165) is 6.92 Å². The van der Waals surface area contributed by atoms with Gasteiger partial charge in [0.1, 0.15) is 0 Å². The number of alkyl halides is 9. The van der Waals surface area contributed by atoms with Crippen molar-refractivity contribution in [2.24, 2.45) is 0 Å². The predicted molar refractivity (Wildman–Crippen MR) is 51.3 cm³/mol. The number of rotatable bonds is 6. The van der Waals surface area contributed by atoms with Crippen molar-refractivity contribution < 1.29 is 57.5 Å². The van der Waals surface area contributed by atoms with Gasteiger partial charge in [0.25, 0.3) is 0 Å². The smallest absolute Gasteiger partial charge is 0.460 e. The third kappa shape index (κ3) is 3.25. The van der Waals surface area contributed by atoms with Crippen LogP contribution in [0.4, 0.5) is 39.5 Å². The normalized spacial score (nSPS) is 14.8. The average molecular weight is 370 g/mol. The van der Waals surface area contributed by atoms with Gasteiger partial charge in [-0.3, -0.25) is 4.79 Å². The van der Waals surface area contributed by atoms with E-state index < -0.39 is 51.4 Å². The molecule has 4 nitrogen and oxygen atoms in total. The summed E-state index contributed by atoms with van der Waals surface area (Å²) in [4.78, 5) is 10.7. The van der Waals surface area contributed by atoms with Crippen LogP contribution in [-0.4, -0.2) is 50.0 Å². The highest BCUT2D eigenvalue weighted by molar-refractivity contribution is 7.93. The summed E-state index contributed by atoms with van der Waals surface area (Å²) in [5.41, 5.74) is 0. The van der Waals surface area contributed by atoms with Crippen LogP contribution in [0, 0.1) is 0 Å². The van der Waals surface area contributed by atoms with Crippen molar-refractivity contribution in [1.29, 1.82) is 0 Å². The molecule has 0 saturated heterocycles. The lowest BCUT2D eigenvalue weighted by Gasteiger charge is -2.32. The Morgan fingerprint density at radius 2 is 1.32 bits per heavy atom. The molecule has 14 heteroatoms. The lowest BCUT2D eigenvalue weighted by molar-refractivity contribution is -0.382. The summed E-state index contributed by atoms with van der Waals surface area (Å²) in [5, 5.41) is -6.87. The van der Waals surface area contributed by atoms with Crippen LogP contribution in [0.3, 0.4) is 0 Å². The van der Waals surface area contributed by atoms with Gasteiger partial charge in [-0.2, -0.15) is 39.5 Å². The fraction of sp³-hybridized carbons (Fsp3) is 0.875. The Balaban J connectivity index is 5.86. The maximum Gasteiger partial charge on any atom is 0.460 e. The molecule has 0 aliphatic rings. The van der Waals surface area contributed by atoms with E-state index in [9.17, 15) is 52.7 Å². The highest BCUT2D eigenvalue weighted by atomic mass is 32.2. The van der Waals surface area contributed by atoms with E-state index in [1.54, 1.807) is 0 Å². The number of ether oxygens (including phenoxy) is 1. The fourth-order valence-corrected chi connectivity index (χ4v) is 2.10. The molecule has 0 aliphatic carbocycles. The zero-order valence-corrected chi connectivity index (χ0v) is 11.2. The first-order valence-corrected chi connectivity index (χ1v) is 6.69. The lowest BCUT2D eigenvalue weighted by atomic mass is 10.1. The molecule has 0 radical (unpaired) electrons. The first kappa shape index (κ1) is 20.8. The fourth-order valence-electron chi connectivity index (χ4n) is 1.00. The Morgan fingerprint density at radius 3 is 1.64 bits per heavy atom. The van der Waals surface area contributed by atoms with E-state index in [2.05, 4.69) is 4.74 Å². The molecule has 0 heterocycles. The third-order valence-electron chi connectivity index (χ3n) is 2.12. The standard InChI is InChI=1S/C8H7F9O4S/c1-2-21-4(18)3-22(19,20)8(16,17)6(11,12)5(9,10)7(13,14)15/h2-3H2,1H3. The Bertz CT molecular complexity index is 522. The van der Waals surface area contributed by atoms with Gasteiger partial charge in [-0.1, -0.05) is 0 Å². The summed E-state index contributed by atoms with van der Waals surface area (Å²) in [6.45, 7) is 0.490. The minimum absolute atomic E-state index is 0.574. The summed E-state index contributed by atoms with van der Waals surface area (Å²) in [7, 11) is -6.72. The molecule has 0 bridgehead atoms. The number of hydrogen-bond acceptors (Lipinski definition) is 4. The van der Waals surface area contributed by atoms with Crippen molar-refractivity contribution in [2.75, 3.05) is 12.4 Å². The minimum Gasteiger partial charge on any atom is -0.465 e. The molecule has 0 rings (SSSR count). The van der Waals surface area contributed by atoms with Gasteiger partial charge in [-0.15, -0.1) is 0 Å². The minimum atomic E-state index is -7.36. The van der Waals surface area contributed by atoms with Gasteiger partial charge in [0.2, 0.25) is 9.84 Å². The van der Waals surface area contributed by atoms with Crippen LogP contribution < -0.4 is 0 Å². The van der Waals surface area contributed by atoms with E-state index in [0.29, 0.717) is 0 Å². The summed E-state index contributed by atoms with van der Waals surface area (Å²) in [6.07, 6.45) is -7.15. The molecule has 0 atom stereocenters. The van der Waals surface area contributed by atoms with Crippen LogP contribution in [0.15, 0.2) is 0 Å². The van der Waals surface area contributed by atoms with Gasteiger partial charge >= 0.3 is 29.2 Å². The van der Waals surface area contributed by atoms with Crippen LogP contribution in [0.5, 0.6) is 0 Å². The molecule has 0 aromatic heterocycles. The van der Waals surface area contributed by atoms with Gasteiger partial charge in [0.15, 0.2) is 5.75 Å². The summed E-state index contributed by atoms with van der Waals surface area (Å²) < 4.78 is 138. The van der Waals surface area contributed by atoms with Crippen LogP contribution in [0.25, 0.3) is 0 Å². The van der Waals surface area contributed by atoms with Crippen molar-refractivity contribution in [2.45, 2.75) is 30.2 Å². The highest BCUT2D eigenvalue weighted by Crippen LogP contribution is 2.54. The summed E-state index contributed by atoms with van der Waals surface area (Å²) in [5.74, 6) is -19.2. The lowest BCUT2D eigenvalue weighted by Crippen LogP contribution is -2.63. The number of carbonyl (C=O) groups excluding carboxylic acids is 1. The number of esters is 1. The third-order valence-corrected chi connectivity index (χ3v) is 3.77. The molecule has 0 spiro atoms. The Kier molecular flexibility index (Phi) is 5.46. The summed E-state index contributed by atoms with van der Waals surface area (Å²) in [6, 6.07) is 0. The van der Waals surface area contributed by atoms with Gasteiger partial charge in [0, 0.05) is 0 Å². The quantitative estimate of drug-likeness (QED) is 0.532. The molecule has 22 heavy (non-hydrogen) atoms. The van der Waals surface area contributed by atoms with Gasteiger partial charge in [-0.25, -0.2) is 8.42 Å². The van der Waals surface area contributed by atoms with Crippen molar-refractivity contribution in [1.82, 2.24) is 0 Å². The topological polar surface area (TPSA) is 60.4 Å². The zero-order valence-electron chi connectivity index (χ0n) is 10.4. The van der Waals surface area contributed by atoms with Crippen molar-refractivity contribution >= 4 is 15.8 Å². The molecule has 0 fully saturated rings. The Labute approximate surface area is 117 Å². The Morgan fingerprint density at radius 1 is 0.909 bits per heavy atom. The average Bonchev–Trinajstić information content (AvgIpc) is 2.25. The van der Waals surface area contributed by atoms with Gasteiger partial charge < -0.3 is 4.74 Å². The van der Waals surface area contributed by atoms with Gasteiger partial charge in [-0.05, 0) is 6.92 Å². The molecule has 0 saturated carbocycles. The highest BCUT2D eigenvalue weighted by Gasteiger charge is 2.85. The van der Waals surface area contributed by atoms with Crippen LogP contribution in [-0.2, 0) is 19.4 Å². The van der Waals surface area contributed by atoms with Crippen molar-refractivity contribution in [3.8, 4) is 0 Å². The second kappa shape index (κ2) is 5.77. The van der Waals surface area contributed by atoms with Gasteiger partial charge in [0.05, 0.1) is 6.61 Å². The monoisotopic (exact) mass is 370 g/mol.